The summed E-state index contributed by atoms with van der Waals surface area (Å²) >= 11 is 7.44. The number of nitrogens with zero attached hydrogens (tertiary/aromatic N) is 3. The summed E-state index contributed by atoms with van der Waals surface area (Å²) in [5, 5.41) is 7.26. The molecule has 1 aromatic carbocycles. The summed E-state index contributed by atoms with van der Waals surface area (Å²) in [5.41, 5.74) is 3.34. The molecule has 4 atom stereocenters. The van der Waals surface area contributed by atoms with Gasteiger partial charge in [-0.05, 0) is 49.8 Å². The van der Waals surface area contributed by atoms with Crippen molar-refractivity contribution in [2.24, 2.45) is 5.92 Å². The zero-order valence-electron chi connectivity index (χ0n) is 19.9. The number of hydrogen-bond acceptors (Lipinski definition) is 12. The van der Waals surface area contributed by atoms with Crippen LogP contribution in [0.15, 0.2) is 30.6 Å². The van der Waals surface area contributed by atoms with Crippen molar-refractivity contribution >= 4 is 55.7 Å². The molecule has 0 bridgehead atoms. The minimum Gasteiger partial charge on any atom is -0.436 e. The monoisotopic (exact) mass is 553 g/mol. The third-order valence-electron chi connectivity index (χ3n) is 6.27. The number of benzene rings is 1. The number of fused-ring (bicyclic) bond motifs is 1. The first-order chi connectivity index (χ1) is 17.5. The maximum atomic E-state index is 11.6. The van der Waals surface area contributed by atoms with Crippen molar-refractivity contribution in [2.75, 3.05) is 35.2 Å². The first kappa shape index (κ1) is 25.7. The predicted octanol–water partition coefficient (Wildman–Crippen LogP) is 3.91. The van der Waals surface area contributed by atoms with E-state index in [1.54, 1.807) is 24.3 Å². The number of carbonyl (C=O) groups is 1. The van der Waals surface area contributed by atoms with E-state index in [2.05, 4.69) is 42.5 Å². The Balaban J connectivity index is 1.21. The fourth-order valence-electron chi connectivity index (χ4n) is 4.20. The quantitative estimate of drug-likeness (QED) is 0.132. The highest BCUT2D eigenvalue weighted by Gasteiger charge is 2.46. The smallest absolute Gasteiger partial charge is 0.319 e. The van der Waals surface area contributed by atoms with Gasteiger partial charge in [0.25, 0.3) is 0 Å². The van der Waals surface area contributed by atoms with Gasteiger partial charge in [-0.1, -0.05) is 30.5 Å². The van der Waals surface area contributed by atoms with Crippen LogP contribution in [0, 0.1) is 5.92 Å². The first-order valence-electron chi connectivity index (χ1n) is 11.7. The molecule has 14 heteroatoms. The number of nitrogens with one attached hydrogen (secondary N) is 4. The molecule has 4 unspecified atom stereocenters. The van der Waals surface area contributed by atoms with Crippen LogP contribution in [0.2, 0.25) is 5.02 Å². The molecule has 1 aromatic heterocycles. The topological polar surface area (TPSA) is 122 Å². The van der Waals surface area contributed by atoms with Crippen molar-refractivity contribution in [2.45, 2.75) is 44.1 Å². The second kappa shape index (κ2) is 11.2. The van der Waals surface area contributed by atoms with Gasteiger partial charge in [0, 0.05) is 10.9 Å². The molecule has 0 amide bonds. The average Bonchev–Trinajstić information content (AvgIpc) is 3.37. The molecule has 2 aliphatic heterocycles. The van der Waals surface area contributed by atoms with Crippen molar-refractivity contribution in [3.8, 4) is 5.75 Å². The second-order valence-corrected chi connectivity index (χ2v) is 11.2. The van der Waals surface area contributed by atoms with Gasteiger partial charge in [0.05, 0.1) is 24.9 Å². The third kappa shape index (κ3) is 5.80. The van der Waals surface area contributed by atoms with E-state index in [0.717, 1.165) is 37.1 Å². The lowest BCUT2D eigenvalue weighted by Gasteiger charge is -2.28. The summed E-state index contributed by atoms with van der Waals surface area (Å²) in [6, 6.07) is 7.08. The van der Waals surface area contributed by atoms with Gasteiger partial charge in [-0.3, -0.25) is 5.43 Å². The standard InChI is InChI=1S/C22H29ClN7O4PS/c1-14-9-17(33-21(14)30-13-26-18-19(27-29-36-2)24-12-25-20(18)30)10-32-35(28-22(11-31)7-8-22)34-16-5-3-15(23)4-6-16/h3-6,11-12,14,17,21,26,28-29H,7-10,13H2,1-2H3,(H,24,25,27). The van der Waals surface area contributed by atoms with Crippen molar-refractivity contribution in [3.63, 3.8) is 0 Å². The maximum Gasteiger partial charge on any atom is 0.319 e. The van der Waals surface area contributed by atoms with Gasteiger partial charge in [-0.15, -0.1) is 0 Å². The Morgan fingerprint density at radius 1 is 1.36 bits per heavy atom. The fourth-order valence-corrected chi connectivity index (χ4v) is 5.94. The molecular weight excluding hydrogens is 525 g/mol. The van der Waals surface area contributed by atoms with Crippen LogP contribution in [0.25, 0.3) is 0 Å². The minimum atomic E-state index is -1.55. The molecule has 0 radical (unpaired) electrons. The van der Waals surface area contributed by atoms with E-state index in [-0.39, 0.29) is 18.2 Å². The SMILES string of the molecule is CSNNc1ncnc2c1NCN2C1OC(COP(NC2(C=O)CC2)Oc2ccc(Cl)cc2)CC1C. The van der Waals surface area contributed by atoms with Crippen LogP contribution >= 0.6 is 32.1 Å². The number of anilines is 3. The van der Waals surface area contributed by atoms with Gasteiger partial charge in [0.15, 0.2) is 11.6 Å². The average molecular weight is 554 g/mol. The normalized spacial score (nSPS) is 24.6. The van der Waals surface area contributed by atoms with Crippen LogP contribution in [0.1, 0.15) is 26.2 Å². The molecule has 1 saturated carbocycles. The summed E-state index contributed by atoms with van der Waals surface area (Å²) in [6.07, 6.45) is 6.49. The van der Waals surface area contributed by atoms with Crippen LogP contribution in [-0.4, -0.2) is 53.7 Å². The van der Waals surface area contributed by atoms with Crippen LogP contribution in [0.5, 0.6) is 5.75 Å². The second-order valence-electron chi connectivity index (χ2n) is 9.00. The zero-order valence-corrected chi connectivity index (χ0v) is 22.4. The predicted molar refractivity (Wildman–Crippen MR) is 142 cm³/mol. The summed E-state index contributed by atoms with van der Waals surface area (Å²) in [5.74, 6) is 2.36. The van der Waals surface area contributed by atoms with E-state index in [1.807, 2.05) is 6.26 Å². The largest absolute Gasteiger partial charge is 0.436 e. The van der Waals surface area contributed by atoms with E-state index in [1.165, 1.54) is 18.3 Å². The zero-order chi connectivity index (χ0) is 25.1. The number of hydrazine groups is 1. The van der Waals surface area contributed by atoms with Crippen LogP contribution in [0.4, 0.5) is 17.3 Å². The summed E-state index contributed by atoms with van der Waals surface area (Å²) < 4.78 is 18.6. The van der Waals surface area contributed by atoms with Crippen LogP contribution in [0.3, 0.4) is 0 Å². The number of hydrogen-bond donors (Lipinski definition) is 4. The molecular formula is C22H29ClN7O4PS. The van der Waals surface area contributed by atoms with Crippen LogP contribution < -0.4 is 30.1 Å². The van der Waals surface area contributed by atoms with E-state index < -0.39 is 14.1 Å². The van der Waals surface area contributed by atoms with Gasteiger partial charge in [-0.2, -0.15) is 4.83 Å². The molecule has 1 saturated heterocycles. The number of aromatic nitrogens is 2. The van der Waals surface area contributed by atoms with Crippen LogP contribution in [-0.2, 0) is 14.1 Å². The minimum absolute atomic E-state index is 0.126. The molecule has 2 fully saturated rings. The highest BCUT2D eigenvalue weighted by molar-refractivity contribution is 7.96. The summed E-state index contributed by atoms with van der Waals surface area (Å²) in [4.78, 5) is 25.5. The first-order valence-corrected chi connectivity index (χ1v) is 14.4. The lowest BCUT2D eigenvalue weighted by atomic mass is 10.1. The van der Waals surface area contributed by atoms with Gasteiger partial charge in [0.2, 0.25) is 0 Å². The van der Waals surface area contributed by atoms with Crippen molar-refractivity contribution in [1.82, 2.24) is 19.9 Å². The Kier molecular flexibility index (Phi) is 8.02. The maximum absolute atomic E-state index is 11.6. The number of aldehydes is 1. The van der Waals surface area contributed by atoms with Crippen molar-refractivity contribution < 1.29 is 18.6 Å². The molecule has 11 nitrogen and oxygen atoms in total. The van der Waals surface area contributed by atoms with E-state index in [0.29, 0.717) is 29.9 Å². The van der Waals surface area contributed by atoms with Gasteiger partial charge in [0.1, 0.15) is 30.3 Å². The Morgan fingerprint density at radius 3 is 2.89 bits per heavy atom. The molecule has 36 heavy (non-hydrogen) atoms. The number of halogens is 1. The third-order valence-corrected chi connectivity index (χ3v) is 8.21. The lowest BCUT2D eigenvalue weighted by Crippen LogP contribution is -2.39. The van der Waals surface area contributed by atoms with Crippen molar-refractivity contribution in [1.29, 1.82) is 0 Å². The Labute approximate surface area is 220 Å². The van der Waals surface area contributed by atoms with Gasteiger partial charge < -0.3 is 28.8 Å². The van der Waals surface area contributed by atoms with E-state index in [9.17, 15) is 4.79 Å². The molecule has 3 heterocycles. The molecule has 1 aliphatic carbocycles. The molecule has 5 rings (SSSR count). The fraction of sp³-hybridized carbons (Fsp3) is 0.500. The lowest BCUT2D eigenvalue weighted by molar-refractivity contribution is -0.110. The Bertz CT molecular complexity index is 1070. The van der Waals surface area contributed by atoms with E-state index in [4.69, 9.17) is 25.4 Å². The summed E-state index contributed by atoms with van der Waals surface area (Å²) in [7, 11) is -1.55. The van der Waals surface area contributed by atoms with Gasteiger partial charge >= 0.3 is 8.53 Å². The number of rotatable bonds is 12. The molecule has 2 aromatic rings. The summed E-state index contributed by atoms with van der Waals surface area (Å²) in [6.45, 7) is 3.07. The number of ether oxygens (including phenoxy) is 1. The highest BCUT2D eigenvalue weighted by atomic mass is 35.5. The molecule has 3 aliphatic rings. The number of carbonyl (C=O) groups excluding carboxylic acids is 1. The Morgan fingerprint density at radius 2 is 2.17 bits per heavy atom. The van der Waals surface area contributed by atoms with Gasteiger partial charge in [-0.25, -0.2) is 15.1 Å². The van der Waals surface area contributed by atoms with Crippen molar-refractivity contribution in [3.05, 3.63) is 35.6 Å². The molecule has 4 N–H and O–H groups in total. The molecule has 194 valence electrons. The highest BCUT2D eigenvalue weighted by Crippen LogP contribution is 2.46. The molecule has 0 spiro atoms. The van der Waals surface area contributed by atoms with E-state index >= 15 is 0 Å². The Hall–Kier alpha value is -1.92.